The quantitative estimate of drug-likeness (QED) is 0.716. The van der Waals surface area contributed by atoms with Gasteiger partial charge in [-0.3, -0.25) is 14.2 Å². The van der Waals surface area contributed by atoms with Gasteiger partial charge in [0.15, 0.2) is 11.6 Å². The molecule has 1 aliphatic carbocycles. The first kappa shape index (κ1) is 14.2. The lowest BCUT2D eigenvalue weighted by molar-refractivity contribution is -0.139. The van der Waals surface area contributed by atoms with Gasteiger partial charge in [-0.15, -0.1) is 0 Å². The number of hydrogen-bond donors (Lipinski definition) is 3. The Morgan fingerprint density at radius 1 is 1.40 bits per heavy atom. The van der Waals surface area contributed by atoms with E-state index in [0.29, 0.717) is 0 Å². The highest BCUT2D eigenvalue weighted by atomic mass is 16.5. The standard InChI is InChI=1S/C13H17NO6/c1-6(15)20-8-4-9(16)14(11(8)17)5-7-10(12(18)19)13(7,2)3/h4,7,10,16-17H,5H2,1-3H3,(H,18,19). The summed E-state index contributed by atoms with van der Waals surface area (Å²) in [6.45, 7) is 4.96. The second-order valence-electron chi connectivity index (χ2n) is 5.64. The fraction of sp³-hybridized carbons (Fsp3) is 0.538. The molecule has 2 rings (SSSR count). The van der Waals surface area contributed by atoms with Crippen molar-refractivity contribution in [1.29, 1.82) is 0 Å². The zero-order chi connectivity index (χ0) is 15.2. The third kappa shape index (κ3) is 2.19. The number of ether oxygens (including phenoxy) is 1. The normalized spacial score (nSPS) is 23.4. The van der Waals surface area contributed by atoms with Crippen LogP contribution in [0.2, 0.25) is 0 Å². The average molecular weight is 283 g/mol. The van der Waals surface area contributed by atoms with E-state index in [1.54, 1.807) is 0 Å². The van der Waals surface area contributed by atoms with Crippen LogP contribution in [0.15, 0.2) is 6.07 Å². The van der Waals surface area contributed by atoms with Gasteiger partial charge in [0.2, 0.25) is 5.88 Å². The number of esters is 1. The number of carboxylic acid groups (broad SMARTS) is 1. The first-order valence-corrected chi connectivity index (χ1v) is 6.19. The molecule has 1 aromatic rings. The molecular weight excluding hydrogens is 266 g/mol. The Balaban J connectivity index is 2.21. The van der Waals surface area contributed by atoms with Gasteiger partial charge in [0.1, 0.15) is 0 Å². The first-order chi connectivity index (χ1) is 9.16. The minimum Gasteiger partial charge on any atom is -0.494 e. The van der Waals surface area contributed by atoms with E-state index in [2.05, 4.69) is 0 Å². The molecule has 110 valence electrons. The van der Waals surface area contributed by atoms with Gasteiger partial charge in [0.25, 0.3) is 0 Å². The maximum absolute atomic E-state index is 11.1. The molecule has 0 aliphatic heterocycles. The Hall–Kier alpha value is -2.18. The van der Waals surface area contributed by atoms with Crippen LogP contribution >= 0.6 is 0 Å². The lowest BCUT2D eigenvalue weighted by atomic mass is 10.1. The van der Waals surface area contributed by atoms with Crippen LogP contribution in [0.1, 0.15) is 20.8 Å². The minimum absolute atomic E-state index is 0.139. The molecule has 0 aromatic carbocycles. The van der Waals surface area contributed by atoms with E-state index >= 15 is 0 Å². The second kappa shape index (κ2) is 4.43. The summed E-state index contributed by atoms with van der Waals surface area (Å²) < 4.78 is 5.90. The topological polar surface area (TPSA) is 109 Å². The van der Waals surface area contributed by atoms with Crippen LogP contribution < -0.4 is 4.74 Å². The Labute approximate surface area is 115 Å². The summed E-state index contributed by atoms with van der Waals surface area (Å²) in [7, 11) is 0. The Bertz CT molecular complexity index is 574. The second-order valence-corrected chi connectivity index (χ2v) is 5.64. The van der Waals surface area contributed by atoms with Gasteiger partial charge in [-0.25, -0.2) is 0 Å². The van der Waals surface area contributed by atoms with Gasteiger partial charge in [-0.2, -0.15) is 0 Å². The molecule has 0 spiro atoms. The fourth-order valence-corrected chi connectivity index (χ4v) is 2.68. The molecule has 1 fully saturated rings. The van der Waals surface area contributed by atoms with Crippen molar-refractivity contribution in [3.05, 3.63) is 6.07 Å². The number of carboxylic acids is 1. The third-order valence-corrected chi connectivity index (χ3v) is 3.96. The lowest BCUT2D eigenvalue weighted by Gasteiger charge is -2.07. The Kier molecular flexibility index (Phi) is 3.15. The van der Waals surface area contributed by atoms with Crippen LogP contribution in [0.3, 0.4) is 0 Å². The van der Waals surface area contributed by atoms with Gasteiger partial charge in [0.05, 0.1) is 5.92 Å². The first-order valence-electron chi connectivity index (χ1n) is 6.19. The number of aromatic hydroxyl groups is 2. The molecule has 3 N–H and O–H groups in total. The zero-order valence-electron chi connectivity index (χ0n) is 11.5. The molecule has 20 heavy (non-hydrogen) atoms. The molecule has 1 aromatic heterocycles. The summed E-state index contributed by atoms with van der Waals surface area (Å²) in [6.07, 6.45) is 0. The van der Waals surface area contributed by atoms with Crippen molar-refractivity contribution >= 4 is 11.9 Å². The summed E-state index contributed by atoms with van der Waals surface area (Å²) in [4.78, 5) is 22.0. The van der Waals surface area contributed by atoms with E-state index in [0.717, 1.165) is 10.6 Å². The van der Waals surface area contributed by atoms with Crippen LogP contribution in [0.4, 0.5) is 0 Å². The number of aliphatic carboxylic acids is 1. The predicted molar refractivity (Wildman–Crippen MR) is 67.5 cm³/mol. The van der Waals surface area contributed by atoms with Crippen molar-refractivity contribution in [2.75, 3.05) is 0 Å². The summed E-state index contributed by atoms with van der Waals surface area (Å²) in [6, 6.07) is 1.13. The summed E-state index contributed by atoms with van der Waals surface area (Å²) in [5, 5.41) is 28.8. The van der Waals surface area contributed by atoms with Gasteiger partial charge < -0.3 is 20.1 Å². The summed E-state index contributed by atoms with van der Waals surface area (Å²) >= 11 is 0. The molecule has 0 amide bonds. The fourth-order valence-electron chi connectivity index (χ4n) is 2.68. The van der Waals surface area contributed by atoms with E-state index in [4.69, 9.17) is 9.84 Å². The van der Waals surface area contributed by atoms with Crippen molar-refractivity contribution in [2.45, 2.75) is 27.3 Å². The monoisotopic (exact) mass is 283 g/mol. The maximum atomic E-state index is 11.1. The van der Waals surface area contributed by atoms with Crippen LogP contribution in [0.25, 0.3) is 0 Å². The molecule has 7 nitrogen and oxygen atoms in total. The van der Waals surface area contributed by atoms with Crippen LogP contribution in [-0.4, -0.2) is 31.8 Å². The van der Waals surface area contributed by atoms with E-state index < -0.39 is 23.3 Å². The molecular formula is C13H17NO6. The third-order valence-electron chi connectivity index (χ3n) is 3.96. The minimum atomic E-state index is -0.897. The van der Waals surface area contributed by atoms with Crippen molar-refractivity contribution < 1.29 is 29.6 Å². The van der Waals surface area contributed by atoms with Crippen molar-refractivity contribution in [3.8, 4) is 17.5 Å². The van der Waals surface area contributed by atoms with E-state index in [1.807, 2.05) is 13.8 Å². The van der Waals surface area contributed by atoms with Crippen LogP contribution in [0.5, 0.6) is 17.5 Å². The lowest BCUT2D eigenvalue weighted by Crippen LogP contribution is -2.05. The maximum Gasteiger partial charge on any atom is 0.308 e. The Morgan fingerprint density at radius 2 is 2.00 bits per heavy atom. The molecule has 0 bridgehead atoms. The highest BCUT2D eigenvalue weighted by Gasteiger charge is 2.62. The van der Waals surface area contributed by atoms with Crippen LogP contribution in [0, 0.1) is 17.3 Å². The molecule has 2 atom stereocenters. The van der Waals surface area contributed by atoms with Crippen LogP contribution in [-0.2, 0) is 16.1 Å². The van der Waals surface area contributed by atoms with Gasteiger partial charge in [-0.05, 0) is 11.3 Å². The van der Waals surface area contributed by atoms with Gasteiger partial charge >= 0.3 is 11.9 Å². The molecule has 0 radical (unpaired) electrons. The number of carbonyl (C=O) groups is 2. The zero-order valence-corrected chi connectivity index (χ0v) is 11.5. The summed E-state index contributed by atoms with van der Waals surface area (Å²) in [5.41, 5.74) is -0.406. The SMILES string of the molecule is CC(=O)Oc1cc(O)n(CC2C(C(=O)O)C2(C)C)c1O. The Morgan fingerprint density at radius 3 is 2.45 bits per heavy atom. The summed E-state index contributed by atoms with van der Waals surface area (Å²) in [5.74, 6) is -3.05. The molecule has 2 unspecified atom stereocenters. The van der Waals surface area contributed by atoms with Crippen molar-refractivity contribution in [2.24, 2.45) is 17.3 Å². The smallest absolute Gasteiger partial charge is 0.308 e. The predicted octanol–water partition coefficient (Wildman–Crippen LogP) is 1.18. The largest absolute Gasteiger partial charge is 0.494 e. The number of rotatable bonds is 4. The van der Waals surface area contributed by atoms with Crippen molar-refractivity contribution in [1.82, 2.24) is 4.57 Å². The average Bonchev–Trinajstić information content (AvgIpc) is 2.74. The highest BCUT2D eigenvalue weighted by molar-refractivity contribution is 5.75. The number of hydrogen-bond acceptors (Lipinski definition) is 5. The molecule has 7 heteroatoms. The van der Waals surface area contributed by atoms with E-state index in [-0.39, 0.29) is 30.0 Å². The number of carbonyl (C=O) groups excluding carboxylic acids is 1. The molecule has 0 saturated heterocycles. The van der Waals surface area contributed by atoms with Gasteiger partial charge in [0, 0.05) is 19.5 Å². The molecule has 1 aliphatic rings. The van der Waals surface area contributed by atoms with Crippen molar-refractivity contribution in [3.63, 3.8) is 0 Å². The molecule has 1 heterocycles. The number of aromatic nitrogens is 1. The van der Waals surface area contributed by atoms with Gasteiger partial charge in [-0.1, -0.05) is 13.8 Å². The molecule has 1 saturated carbocycles. The number of nitrogens with zero attached hydrogens (tertiary/aromatic N) is 1. The van der Waals surface area contributed by atoms with E-state index in [1.165, 1.54) is 6.92 Å². The highest BCUT2D eigenvalue weighted by Crippen LogP contribution is 2.59. The van der Waals surface area contributed by atoms with E-state index in [9.17, 15) is 19.8 Å².